The highest BCUT2D eigenvalue weighted by molar-refractivity contribution is 5.96. The fraction of sp³-hybridized carbons (Fsp3) is 0.0870. The monoisotopic (exact) mass is 355 g/mol. The number of nitrogens with one attached hydrogen (secondary N) is 3. The van der Waals surface area contributed by atoms with Gasteiger partial charge in [0.1, 0.15) is 0 Å². The van der Waals surface area contributed by atoms with E-state index in [1.165, 1.54) is 5.56 Å². The van der Waals surface area contributed by atoms with Crippen LogP contribution >= 0.6 is 0 Å². The van der Waals surface area contributed by atoms with Gasteiger partial charge >= 0.3 is 6.03 Å². The lowest BCUT2D eigenvalue weighted by molar-refractivity contribution is 0.252. The molecule has 0 atom stereocenters. The Bertz CT molecular complexity index is 1020. The number of para-hydroxylation sites is 2. The van der Waals surface area contributed by atoms with Gasteiger partial charge in [-0.2, -0.15) is 0 Å². The number of amides is 2. The number of carbonyl (C=O) groups is 1. The topological polar surface area (TPSA) is 56.9 Å². The number of fused-ring (bicyclic) bond motifs is 1. The average molecular weight is 355 g/mol. The second-order valence-electron chi connectivity index (χ2n) is 6.43. The molecule has 0 unspecified atom stereocenters. The van der Waals surface area contributed by atoms with Crippen molar-refractivity contribution in [2.75, 3.05) is 11.9 Å². The summed E-state index contributed by atoms with van der Waals surface area (Å²) in [5.74, 6) is 0. The highest BCUT2D eigenvalue weighted by Crippen LogP contribution is 2.29. The molecule has 3 aromatic carbocycles. The van der Waals surface area contributed by atoms with Crippen molar-refractivity contribution in [3.8, 4) is 11.3 Å². The van der Waals surface area contributed by atoms with Crippen LogP contribution in [0.3, 0.4) is 0 Å². The zero-order valence-electron chi connectivity index (χ0n) is 14.9. The van der Waals surface area contributed by atoms with Crippen LogP contribution in [0, 0.1) is 0 Å². The number of aromatic nitrogens is 1. The van der Waals surface area contributed by atoms with Gasteiger partial charge in [-0.25, -0.2) is 4.79 Å². The van der Waals surface area contributed by atoms with E-state index in [0.29, 0.717) is 6.54 Å². The van der Waals surface area contributed by atoms with Crippen LogP contribution in [-0.4, -0.2) is 17.6 Å². The highest BCUT2D eigenvalue weighted by Gasteiger charge is 2.10. The molecule has 0 fully saturated rings. The molecule has 0 aliphatic rings. The minimum absolute atomic E-state index is 0.200. The zero-order chi connectivity index (χ0) is 18.5. The lowest BCUT2D eigenvalue weighted by Crippen LogP contribution is -2.30. The van der Waals surface area contributed by atoms with E-state index in [9.17, 15) is 4.79 Å². The molecule has 0 bridgehead atoms. The maximum absolute atomic E-state index is 12.3. The number of hydrogen-bond donors (Lipinski definition) is 3. The van der Waals surface area contributed by atoms with Crippen molar-refractivity contribution < 1.29 is 4.79 Å². The number of rotatable bonds is 5. The van der Waals surface area contributed by atoms with Crippen molar-refractivity contribution in [1.29, 1.82) is 0 Å². The number of urea groups is 1. The van der Waals surface area contributed by atoms with Crippen molar-refractivity contribution in [3.63, 3.8) is 0 Å². The van der Waals surface area contributed by atoms with E-state index in [1.54, 1.807) is 0 Å². The van der Waals surface area contributed by atoms with Gasteiger partial charge in [-0.3, -0.25) is 0 Å². The van der Waals surface area contributed by atoms with Gasteiger partial charge in [-0.15, -0.1) is 0 Å². The van der Waals surface area contributed by atoms with E-state index in [2.05, 4.69) is 39.9 Å². The Morgan fingerprint density at radius 3 is 2.44 bits per heavy atom. The van der Waals surface area contributed by atoms with Crippen LogP contribution in [0.15, 0.2) is 84.9 Å². The molecule has 0 aliphatic heterocycles. The number of aromatic amines is 1. The summed E-state index contributed by atoms with van der Waals surface area (Å²) in [7, 11) is 0. The van der Waals surface area contributed by atoms with Gasteiger partial charge < -0.3 is 15.6 Å². The highest BCUT2D eigenvalue weighted by atomic mass is 16.2. The standard InChI is InChI=1S/C23H21N3O/c27-23(24-15-14-17-8-2-1-3-9-17)26-21-13-7-5-11-19(21)22-16-18-10-4-6-12-20(18)25-22/h1-13,16,25H,14-15H2,(H2,24,26,27). The van der Waals surface area contributed by atoms with E-state index < -0.39 is 0 Å². The summed E-state index contributed by atoms with van der Waals surface area (Å²) >= 11 is 0. The molecule has 134 valence electrons. The molecule has 4 aromatic rings. The number of carbonyl (C=O) groups excluding carboxylic acids is 1. The summed E-state index contributed by atoms with van der Waals surface area (Å²) < 4.78 is 0. The van der Waals surface area contributed by atoms with Crippen LogP contribution in [0.4, 0.5) is 10.5 Å². The Hall–Kier alpha value is -3.53. The quantitative estimate of drug-likeness (QED) is 0.453. The predicted molar refractivity (Wildman–Crippen MR) is 111 cm³/mol. The second kappa shape index (κ2) is 7.79. The summed E-state index contributed by atoms with van der Waals surface area (Å²) in [4.78, 5) is 15.7. The maximum Gasteiger partial charge on any atom is 0.319 e. The van der Waals surface area contributed by atoms with Gasteiger partial charge in [0.15, 0.2) is 0 Å². The molecule has 4 heteroatoms. The molecule has 4 nitrogen and oxygen atoms in total. The normalized spacial score (nSPS) is 10.7. The van der Waals surface area contributed by atoms with Gasteiger partial charge in [0.05, 0.1) is 5.69 Å². The van der Waals surface area contributed by atoms with E-state index in [0.717, 1.165) is 34.3 Å². The Balaban J connectivity index is 1.45. The molecule has 1 heterocycles. The second-order valence-corrected chi connectivity index (χ2v) is 6.43. The summed E-state index contributed by atoms with van der Waals surface area (Å²) in [6.07, 6.45) is 0.803. The SMILES string of the molecule is O=C(NCCc1ccccc1)Nc1ccccc1-c1cc2ccccc2[nH]1. The van der Waals surface area contributed by atoms with Gasteiger partial charge in [0, 0.05) is 28.7 Å². The molecule has 1 aromatic heterocycles. The van der Waals surface area contributed by atoms with E-state index in [1.807, 2.05) is 60.7 Å². The maximum atomic E-state index is 12.3. The molecule has 3 N–H and O–H groups in total. The van der Waals surface area contributed by atoms with Crippen molar-refractivity contribution in [1.82, 2.24) is 10.3 Å². The van der Waals surface area contributed by atoms with Crippen LogP contribution in [0.25, 0.3) is 22.2 Å². The molecule has 0 spiro atoms. The fourth-order valence-electron chi connectivity index (χ4n) is 3.18. The van der Waals surface area contributed by atoms with Crippen LogP contribution in [0.5, 0.6) is 0 Å². The Labute approximate surface area is 158 Å². The largest absolute Gasteiger partial charge is 0.354 e. The van der Waals surface area contributed by atoms with Crippen molar-refractivity contribution in [2.45, 2.75) is 6.42 Å². The molecule has 0 saturated heterocycles. The minimum Gasteiger partial charge on any atom is -0.354 e. The molecule has 0 saturated carbocycles. The lowest BCUT2D eigenvalue weighted by Gasteiger charge is -2.11. The first kappa shape index (κ1) is 16.9. The van der Waals surface area contributed by atoms with Gasteiger partial charge in [-0.05, 0) is 30.2 Å². The van der Waals surface area contributed by atoms with E-state index in [4.69, 9.17) is 0 Å². The Kier molecular flexibility index (Phi) is 4.88. The van der Waals surface area contributed by atoms with E-state index >= 15 is 0 Å². The molecular weight excluding hydrogens is 334 g/mol. The third-order valence-electron chi connectivity index (χ3n) is 4.54. The van der Waals surface area contributed by atoms with Gasteiger partial charge in [0.2, 0.25) is 0 Å². The molecule has 4 rings (SSSR count). The molecule has 27 heavy (non-hydrogen) atoms. The van der Waals surface area contributed by atoms with Crippen LogP contribution in [-0.2, 0) is 6.42 Å². The summed E-state index contributed by atoms with van der Waals surface area (Å²) in [5, 5.41) is 7.04. The van der Waals surface area contributed by atoms with E-state index in [-0.39, 0.29) is 6.03 Å². The van der Waals surface area contributed by atoms with Crippen molar-refractivity contribution in [3.05, 3.63) is 90.5 Å². The smallest absolute Gasteiger partial charge is 0.319 e. The first-order valence-electron chi connectivity index (χ1n) is 9.05. The molecular formula is C23H21N3O. The molecule has 0 aliphatic carbocycles. The van der Waals surface area contributed by atoms with Crippen molar-refractivity contribution >= 4 is 22.6 Å². The number of anilines is 1. The Morgan fingerprint density at radius 1 is 0.852 bits per heavy atom. The zero-order valence-corrected chi connectivity index (χ0v) is 14.9. The predicted octanol–water partition coefficient (Wildman–Crippen LogP) is 5.20. The number of H-pyrrole nitrogens is 1. The van der Waals surface area contributed by atoms with Crippen LogP contribution in [0.1, 0.15) is 5.56 Å². The molecule has 0 radical (unpaired) electrons. The minimum atomic E-state index is -0.200. The van der Waals surface area contributed by atoms with Gasteiger partial charge in [0.25, 0.3) is 0 Å². The van der Waals surface area contributed by atoms with Crippen LogP contribution < -0.4 is 10.6 Å². The number of benzene rings is 3. The van der Waals surface area contributed by atoms with Crippen LogP contribution in [0.2, 0.25) is 0 Å². The van der Waals surface area contributed by atoms with Gasteiger partial charge in [-0.1, -0.05) is 66.7 Å². The lowest BCUT2D eigenvalue weighted by atomic mass is 10.1. The first-order valence-corrected chi connectivity index (χ1v) is 9.05. The summed E-state index contributed by atoms with van der Waals surface area (Å²) in [5.41, 5.74) is 5.01. The van der Waals surface area contributed by atoms with Crippen molar-refractivity contribution in [2.24, 2.45) is 0 Å². The number of hydrogen-bond acceptors (Lipinski definition) is 1. The first-order chi connectivity index (χ1) is 13.3. The third-order valence-corrected chi connectivity index (χ3v) is 4.54. The fourth-order valence-corrected chi connectivity index (χ4v) is 3.18. The molecule has 2 amide bonds. The average Bonchev–Trinajstić information content (AvgIpc) is 3.13. The summed E-state index contributed by atoms with van der Waals surface area (Å²) in [6.45, 7) is 0.588. The summed E-state index contributed by atoms with van der Waals surface area (Å²) in [6, 6.07) is 28.0. The third kappa shape index (κ3) is 4.01. The Morgan fingerprint density at radius 2 is 1.59 bits per heavy atom.